The minimum absolute atomic E-state index is 0.0622. The first-order valence-corrected chi connectivity index (χ1v) is 15.6. The van der Waals surface area contributed by atoms with E-state index >= 15 is 0 Å². The fourth-order valence-corrected chi connectivity index (χ4v) is 6.73. The molecule has 226 valence electrons. The first kappa shape index (κ1) is 31.0. The van der Waals surface area contributed by atoms with Gasteiger partial charge in [-0.3, -0.25) is 4.79 Å². The molecule has 4 aromatic rings. The van der Waals surface area contributed by atoms with Gasteiger partial charge in [-0.05, 0) is 86.0 Å². The van der Waals surface area contributed by atoms with E-state index in [1.807, 2.05) is 62.4 Å². The van der Waals surface area contributed by atoms with Crippen molar-refractivity contribution in [1.29, 1.82) is 0 Å². The largest absolute Gasteiger partial charge is 0.465 e. The third-order valence-corrected chi connectivity index (χ3v) is 9.26. The lowest BCUT2D eigenvalue weighted by atomic mass is 10.1. The average molecular weight is 631 g/mol. The summed E-state index contributed by atoms with van der Waals surface area (Å²) in [7, 11) is -2.70. The minimum atomic E-state index is -3.94. The number of carbonyl (C=O) groups is 2. The Morgan fingerprint density at radius 3 is 2.23 bits per heavy atom. The second-order valence-corrected chi connectivity index (χ2v) is 12.9. The fraction of sp³-hybridized carbons (Fsp3) is 0.176. The highest BCUT2D eigenvalue weighted by Gasteiger charge is 2.38. The standard InChI is InChI=1S/C34H31ClN2O6S/c1-22-16-23(2)18-27(17-22)37-24(3)32(34(39)42-4)33(38)31(37)19-28-12-13-29(43-28)21-36(20-25-8-6-5-7-9-25)44(40,41)30-14-10-26(35)11-15-30/h5-19H,20-21H2,1-4H3/b31-19+. The van der Waals surface area contributed by atoms with Gasteiger partial charge in [0.1, 0.15) is 17.1 Å². The van der Waals surface area contributed by atoms with Gasteiger partial charge < -0.3 is 14.1 Å². The van der Waals surface area contributed by atoms with Crippen molar-refractivity contribution in [2.45, 2.75) is 38.8 Å². The predicted octanol–water partition coefficient (Wildman–Crippen LogP) is 6.82. The molecule has 0 aliphatic carbocycles. The van der Waals surface area contributed by atoms with E-state index in [1.165, 1.54) is 35.7 Å². The Bertz CT molecular complexity index is 1870. The SMILES string of the molecule is COC(=O)C1=C(C)N(c2cc(C)cc(C)c2)/C(=C/c2ccc(CN(Cc3ccccc3)S(=O)(=O)c3ccc(Cl)cc3)o2)C1=O. The number of carbonyl (C=O) groups excluding carboxylic acids is 2. The van der Waals surface area contributed by atoms with Crippen LogP contribution in [-0.2, 0) is 37.4 Å². The minimum Gasteiger partial charge on any atom is -0.465 e. The maximum atomic E-state index is 13.7. The van der Waals surface area contributed by atoms with Gasteiger partial charge in [0, 0.05) is 29.0 Å². The monoisotopic (exact) mass is 630 g/mol. The Labute approximate surface area is 261 Å². The maximum Gasteiger partial charge on any atom is 0.343 e. The lowest BCUT2D eigenvalue weighted by Crippen LogP contribution is -2.30. The van der Waals surface area contributed by atoms with E-state index in [0.29, 0.717) is 27.9 Å². The summed E-state index contributed by atoms with van der Waals surface area (Å²) in [6.07, 6.45) is 1.55. The van der Waals surface area contributed by atoms with Gasteiger partial charge in [0.2, 0.25) is 15.8 Å². The summed E-state index contributed by atoms with van der Waals surface area (Å²) in [5.41, 5.74) is 4.09. The summed E-state index contributed by atoms with van der Waals surface area (Å²) in [6, 6.07) is 24.5. The molecule has 44 heavy (non-hydrogen) atoms. The van der Waals surface area contributed by atoms with Gasteiger partial charge in [0.05, 0.1) is 24.2 Å². The fourth-order valence-electron chi connectivity index (χ4n) is 5.21. The molecule has 8 nitrogen and oxygen atoms in total. The average Bonchev–Trinajstić information content (AvgIpc) is 3.53. The molecule has 0 bridgehead atoms. The number of esters is 1. The summed E-state index contributed by atoms with van der Waals surface area (Å²) in [5.74, 6) is -0.538. The van der Waals surface area contributed by atoms with Crippen molar-refractivity contribution in [2.24, 2.45) is 0 Å². The van der Waals surface area contributed by atoms with Crippen LogP contribution in [0.3, 0.4) is 0 Å². The number of anilines is 1. The van der Waals surface area contributed by atoms with Gasteiger partial charge in [-0.25, -0.2) is 13.2 Å². The zero-order valence-corrected chi connectivity index (χ0v) is 26.3. The summed E-state index contributed by atoms with van der Waals surface area (Å²) < 4.78 is 39.8. The highest BCUT2D eigenvalue weighted by molar-refractivity contribution is 7.89. The maximum absolute atomic E-state index is 13.7. The topological polar surface area (TPSA) is 97.1 Å². The van der Waals surface area contributed by atoms with Crippen LogP contribution in [0, 0.1) is 13.8 Å². The predicted molar refractivity (Wildman–Crippen MR) is 169 cm³/mol. The number of benzene rings is 3. The summed E-state index contributed by atoms with van der Waals surface area (Å²) in [4.78, 5) is 28.0. The summed E-state index contributed by atoms with van der Waals surface area (Å²) >= 11 is 6.01. The van der Waals surface area contributed by atoms with Crippen LogP contribution in [0.15, 0.2) is 111 Å². The van der Waals surface area contributed by atoms with Crippen molar-refractivity contribution in [3.63, 3.8) is 0 Å². The number of Topliss-reactive ketones (excluding diaryl/α,β-unsaturated/α-hetero) is 1. The number of allylic oxidation sites excluding steroid dienone is 2. The zero-order valence-electron chi connectivity index (χ0n) is 24.7. The zero-order chi connectivity index (χ0) is 31.6. The molecule has 0 saturated heterocycles. The number of sulfonamides is 1. The highest BCUT2D eigenvalue weighted by atomic mass is 35.5. The van der Waals surface area contributed by atoms with Gasteiger partial charge in [-0.1, -0.05) is 48.0 Å². The molecule has 1 aliphatic heterocycles. The van der Waals surface area contributed by atoms with E-state index in [2.05, 4.69) is 0 Å². The molecular formula is C34H31ClN2O6S. The van der Waals surface area contributed by atoms with Gasteiger partial charge in [-0.15, -0.1) is 0 Å². The molecule has 0 radical (unpaired) electrons. The number of halogens is 1. The first-order valence-electron chi connectivity index (χ1n) is 13.8. The molecule has 0 amide bonds. The second kappa shape index (κ2) is 12.7. The van der Waals surface area contributed by atoms with Crippen LogP contribution in [0.25, 0.3) is 6.08 Å². The Morgan fingerprint density at radius 2 is 1.59 bits per heavy atom. The number of aryl methyl sites for hydroxylation is 2. The Hall–Kier alpha value is -4.44. The molecule has 1 aliphatic rings. The Kier molecular flexibility index (Phi) is 8.92. The number of ether oxygens (including phenoxy) is 1. The van der Waals surface area contributed by atoms with Gasteiger partial charge in [-0.2, -0.15) is 4.31 Å². The van der Waals surface area contributed by atoms with Crippen LogP contribution < -0.4 is 4.90 Å². The summed E-state index contributed by atoms with van der Waals surface area (Å²) in [5, 5.41) is 0.429. The van der Waals surface area contributed by atoms with Gasteiger partial charge in [0.25, 0.3) is 0 Å². The second-order valence-electron chi connectivity index (χ2n) is 10.5. The lowest BCUT2D eigenvalue weighted by molar-refractivity contribution is -0.137. The molecule has 2 heterocycles. The van der Waals surface area contributed by atoms with Crippen LogP contribution in [0.2, 0.25) is 5.02 Å². The number of nitrogens with zero attached hydrogens (tertiary/aromatic N) is 2. The quantitative estimate of drug-likeness (QED) is 0.114. The van der Waals surface area contributed by atoms with Gasteiger partial charge in [0.15, 0.2) is 0 Å². The van der Waals surface area contributed by atoms with Crippen molar-refractivity contribution >= 4 is 45.1 Å². The Balaban J connectivity index is 1.51. The molecule has 0 spiro atoms. The normalized spacial score (nSPS) is 14.6. The molecule has 0 saturated carbocycles. The highest BCUT2D eigenvalue weighted by Crippen LogP contribution is 2.37. The van der Waals surface area contributed by atoms with Crippen LogP contribution in [-0.4, -0.2) is 31.6 Å². The third kappa shape index (κ3) is 6.40. The number of ketones is 1. The molecule has 0 N–H and O–H groups in total. The molecule has 0 unspecified atom stereocenters. The molecule has 3 aromatic carbocycles. The molecule has 10 heteroatoms. The van der Waals surface area contributed by atoms with Crippen LogP contribution in [0.4, 0.5) is 5.69 Å². The van der Waals surface area contributed by atoms with Crippen molar-refractivity contribution < 1.29 is 27.2 Å². The molecular weight excluding hydrogens is 600 g/mol. The van der Waals surface area contributed by atoms with E-state index in [1.54, 1.807) is 30.0 Å². The molecule has 5 rings (SSSR count). The van der Waals surface area contributed by atoms with E-state index in [-0.39, 0.29) is 29.3 Å². The summed E-state index contributed by atoms with van der Waals surface area (Å²) in [6.45, 7) is 5.64. The first-order chi connectivity index (χ1) is 21.0. The van der Waals surface area contributed by atoms with Crippen molar-refractivity contribution in [2.75, 3.05) is 12.0 Å². The molecule has 1 aromatic heterocycles. The molecule has 0 fully saturated rings. The number of methoxy groups -OCH3 is 1. The van der Waals surface area contributed by atoms with Crippen molar-refractivity contribution in [3.05, 3.63) is 135 Å². The van der Waals surface area contributed by atoms with E-state index < -0.39 is 21.8 Å². The number of hydrogen-bond donors (Lipinski definition) is 0. The van der Waals surface area contributed by atoms with E-state index in [9.17, 15) is 18.0 Å². The molecule has 0 atom stereocenters. The van der Waals surface area contributed by atoms with E-state index in [4.69, 9.17) is 20.8 Å². The van der Waals surface area contributed by atoms with Gasteiger partial charge >= 0.3 is 5.97 Å². The smallest absolute Gasteiger partial charge is 0.343 e. The van der Waals surface area contributed by atoms with Crippen LogP contribution in [0.1, 0.15) is 35.1 Å². The van der Waals surface area contributed by atoms with Crippen molar-refractivity contribution in [1.82, 2.24) is 4.31 Å². The van der Waals surface area contributed by atoms with Crippen molar-refractivity contribution in [3.8, 4) is 0 Å². The van der Waals surface area contributed by atoms with Crippen LogP contribution >= 0.6 is 11.6 Å². The Morgan fingerprint density at radius 1 is 0.932 bits per heavy atom. The van der Waals surface area contributed by atoms with E-state index in [0.717, 1.165) is 16.7 Å². The number of hydrogen-bond acceptors (Lipinski definition) is 7. The number of rotatable bonds is 9. The third-order valence-electron chi connectivity index (χ3n) is 7.20. The van der Waals surface area contributed by atoms with Crippen LogP contribution in [0.5, 0.6) is 0 Å². The lowest BCUT2D eigenvalue weighted by Gasteiger charge is -2.22. The number of furan rings is 1.